The van der Waals surface area contributed by atoms with Crippen LogP contribution in [-0.2, 0) is 19.6 Å². The molecular weight excluding hydrogens is 462 g/mol. The van der Waals surface area contributed by atoms with E-state index in [1.54, 1.807) is 31.4 Å². The third-order valence-corrected chi connectivity index (χ3v) is 6.99. The molecule has 2 N–H and O–H groups in total. The molecule has 2 aromatic carbocycles. The minimum atomic E-state index is -3.86. The maximum atomic E-state index is 12.8. The number of benzene rings is 2. The van der Waals surface area contributed by atoms with E-state index in [1.165, 1.54) is 37.3 Å². The molecule has 1 unspecified atom stereocenters. The molecule has 184 valence electrons. The van der Waals surface area contributed by atoms with Crippen LogP contribution < -0.4 is 24.2 Å². The van der Waals surface area contributed by atoms with Crippen LogP contribution in [-0.4, -0.2) is 65.6 Å². The molecule has 3 rings (SSSR count). The van der Waals surface area contributed by atoms with Crippen LogP contribution in [0.3, 0.4) is 0 Å². The van der Waals surface area contributed by atoms with Gasteiger partial charge in [-0.15, -0.1) is 0 Å². The Labute approximate surface area is 199 Å². The molecule has 0 radical (unpaired) electrons. The average Bonchev–Trinajstić information content (AvgIpc) is 3.34. The lowest BCUT2D eigenvalue weighted by Crippen LogP contribution is -2.44. The van der Waals surface area contributed by atoms with Gasteiger partial charge in [0, 0.05) is 31.3 Å². The number of likely N-dealkylation sites (tertiary alicyclic amines) is 1. The second-order valence-electron chi connectivity index (χ2n) is 7.63. The van der Waals surface area contributed by atoms with E-state index in [0.29, 0.717) is 36.6 Å². The SMILES string of the molecule is COc1ccc(NC(=O)C2CCCN2C(=O)CCNS(=O)(=O)c2ccc(OC)c(OC)c2)cc1. The number of rotatable bonds is 10. The number of amides is 2. The second-order valence-corrected chi connectivity index (χ2v) is 9.39. The minimum Gasteiger partial charge on any atom is -0.497 e. The van der Waals surface area contributed by atoms with Gasteiger partial charge in [0.15, 0.2) is 11.5 Å². The van der Waals surface area contributed by atoms with Crippen LogP contribution >= 0.6 is 0 Å². The van der Waals surface area contributed by atoms with E-state index >= 15 is 0 Å². The molecule has 0 aliphatic carbocycles. The lowest BCUT2D eigenvalue weighted by molar-refractivity contribution is -0.136. The fourth-order valence-corrected chi connectivity index (χ4v) is 4.79. The number of ether oxygens (including phenoxy) is 3. The van der Waals surface area contributed by atoms with Gasteiger partial charge in [0.2, 0.25) is 21.8 Å². The van der Waals surface area contributed by atoms with E-state index < -0.39 is 16.1 Å². The number of methoxy groups -OCH3 is 3. The summed E-state index contributed by atoms with van der Waals surface area (Å²) in [5.41, 5.74) is 0.604. The first-order valence-electron chi connectivity index (χ1n) is 10.7. The Morgan fingerprint density at radius 2 is 1.71 bits per heavy atom. The average molecular weight is 492 g/mol. The maximum Gasteiger partial charge on any atom is 0.247 e. The van der Waals surface area contributed by atoms with Crippen LogP contribution in [0.5, 0.6) is 17.2 Å². The van der Waals surface area contributed by atoms with Crippen LogP contribution in [0.2, 0.25) is 0 Å². The van der Waals surface area contributed by atoms with Gasteiger partial charge in [-0.1, -0.05) is 0 Å². The normalized spacial score (nSPS) is 15.6. The summed E-state index contributed by atoms with van der Waals surface area (Å²) in [6.07, 6.45) is 1.17. The predicted octanol–water partition coefficient (Wildman–Crippen LogP) is 2.01. The van der Waals surface area contributed by atoms with Crippen molar-refractivity contribution in [1.82, 2.24) is 9.62 Å². The summed E-state index contributed by atoms with van der Waals surface area (Å²) in [5.74, 6) is 0.796. The molecule has 1 atom stereocenters. The molecule has 0 spiro atoms. The predicted molar refractivity (Wildman–Crippen MR) is 126 cm³/mol. The zero-order valence-corrected chi connectivity index (χ0v) is 20.2. The molecule has 11 heteroatoms. The van der Waals surface area contributed by atoms with E-state index in [0.717, 1.165) is 0 Å². The molecular formula is C23H29N3O7S. The molecule has 1 saturated heterocycles. The minimum absolute atomic E-state index is 0.00415. The third-order valence-electron chi connectivity index (χ3n) is 5.53. The van der Waals surface area contributed by atoms with E-state index in [4.69, 9.17) is 14.2 Å². The smallest absolute Gasteiger partial charge is 0.247 e. The summed E-state index contributed by atoms with van der Waals surface area (Å²) in [6.45, 7) is 0.348. The molecule has 2 amide bonds. The van der Waals surface area contributed by atoms with Gasteiger partial charge in [-0.25, -0.2) is 13.1 Å². The molecule has 34 heavy (non-hydrogen) atoms. The first kappa shape index (κ1) is 25.3. The number of hydrogen-bond donors (Lipinski definition) is 2. The summed E-state index contributed by atoms with van der Waals surface area (Å²) in [4.78, 5) is 27.0. The van der Waals surface area contributed by atoms with Crippen molar-refractivity contribution >= 4 is 27.5 Å². The van der Waals surface area contributed by atoms with Crippen LogP contribution in [0.15, 0.2) is 47.4 Å². The fourth-order valence-electron chi connectivity index (χ4n) is 3.74. The molecule has 0 bridgehead atoms. The first-order chi connectivity index (χ1) is 16.3. The van der Waals surface area contributed by atoms with Crippen LogP contribution in [0.1, 0.15) is 19.3 Å². The molecule has 1 aliphatic heterocycles. The van der Waals surface area contributed by atoms with E-state index in [2.05, 4.69) is 10.0 Å². The number of anilines is 1. The number of carbonyl (C=O) groups is 2. The Hall–Kier alpha value is -3.31. The van der Waals surface area contributed by atoms with Crippen LogP contribution in [0, 0.1) is 0 Å². The summed E-state index contributed by atoms with van der Waals surface area (Å²) in [5, 5.41) is 2.82. The Morgan fingerprint density at radius 1 is 1.00 bits per heavy atom. The number of nitrogens with one attached hydrogen (secondary N) is 2. The number of sulfonamides is 1. The number of hydrogen-bond acceptors (Lipinski definition) is 7. The maximum absolute atomic E-state index is 12.8. The van der Waals surface area contributed by atoms with Crippen molar-refractivity contribution in [3.05, 3.63) is 42.5 Å². The van der Waals surface area contributed by atoms with Crippen molar-refractivity contribution in [3.63, 3.8) is 0 Å². The zero-order chi connectivity index (χ0) is 24.7. The van der Waals surface area contributed by atoms with Crippen molar-refractivity contribution in [2.45, 2.75) is 30.2 Å². The lowest BCUT2D eigenvalue weighted by atomic mass is 10.2. The van der Waals surface area contributed by atoms with Gasteiger partial charge < -0.3 is 24.4 Å². The van der Waals surface area contributed by atoms with Crippen molar-refractivity contribution in [1.29, 1.82) is 0 Å². The Morgan fingerprint density at radius 3 is 2.35 bits per heavy atom. The Kier molecular flexibility index (Phi) is 8.35. The van der Waals surface area contributed by atoms with Gasteiger partial charge in [-0.2, -0.15) is 0 Å². The standard InChI is InChI=1S/C23H29N3O7S/c1-31-17-8-6-16(7-9-17)25-23(28)19-5-4-14-26(19)22(27)12-13-24-34(29,30)18-10-11-20(32-2)21(15-18)33-3/h6-11,15,19,24H,4-5,12-14H2,1-3H3,(H,25,28). The highest BCUT2D eigenvalue weighted by Crippen LogP contribution is 2.29. The largest absolute Gasteiger partial charge is 0.497 e. The van der Waals surface area contributed by atoms with Crippen LogP contribution in [0.25, 0.3) is 0 Å². The summed E-state index contributed by atoms with van der Waals surface area (Å²) >= 11 is 0. The number of nitrogens with zero attached hydrogens (tertiary/aromatic N) is 1. The highest BCUT2D eigenvalue weighted by Gasteiger charge is 2.34. The molecule has 1 fully saturated rings. The van der Waals surface area contributed by atoms with E-state index in [-0.39, 0.29) is 35.4 Å². The fraction of sp³-hybridized carbons (Fsp3) is 0.391. The molecule has 0 aromatic heterocycles. The Bertz CT molecular complexity index is 1120. The lowest BCUT2D eigenvalue weighted by Gasteiger charge is -2.24. The summed E-state index contributed by atoms with van der Waals surface area (Å²) in [6, 6.07) is 10.6. The van der Waals surface area contributed by atoms with Crippen molar-refractivity contribution in [2.24, 2.45) is 0 Å². The molecule has 1 aliphatic rings. The topological polar surface area (TPSA) is 123 Å². The van der Waals surface area contributed by atoms with Gasteiger partial charge in [0.1, 0.15) is 11.8 Å². The summed E-state index contributed by atoms with van der Waals surface area (Å²) in [7, 11) is 0.571. The first-order valence-corrected chi connectivity index (χ1v) is 12.2. The van der Waals surface area contributed by atoms with Gasteiger partial charge >= 0.3 is 0 Å². The van der Waals surface area contributed by atoms with Crippen molar-refractivity contribution < 1.29 is 32.2 Å². The summed E-state index contributed by atoms with van der Waals surface area (Å²) < 4.78 is 43.0. The number of carbonyl (C=O) groups excluding carboxylic acids is 2. The Balaban J connectivity index is 1.56. The van der Waals surface area contributed by atoms with Gasteiger partial charge in [0.25, 0.3) is 0 Å². The van der Waals surface area contributed by atoms with Crippen molar-refractivity contribution in [3.8, 4) is 17.2 Å². The zero-order valence-electron chi connectivity index (χ0n) is 19.4. The van der Waals surface area contributed by atoms with Crippen LogP contribution in [0.4, 0.5) is 5.69 Å². The molecule has 1 heterocycles. The monoisotopic (exact) mass is 491 g/mol. The third kappa shape index (κ3) is 5.97. The molecule has 10 nitrogen and oxygen atoms in total. The van der Waals surface area contributed by atoms with Gasteiger partial charge in [0.05, 0.1) is 26.2 Å². The molecule has 2 aromatic rings. The van der Waals surface area contributed by atoms with E-state index in [9.17, 15) is 18.0 Å². The van der Waals surface area contributed by atoms with E-state index in [1.807, 2.05) is 0 Å². The highest BCUT2D eigenvalue weighted by atomic mass is 32.2. The van der Waals surface area contributed by atoms with Gasteiger partial charge in [-0.3, -0.25) is 9.59 Å². The molecule has 0 saturated carbocycles. The van der Waals surface area contributed by atoms with Gasteiger partial charge in [-0.05, 0) is 49.2 Å². The van der Waals surface area contributed by atoms with Crippen molar-refractivity contribution in [2.75, 3.05) is 39.7 Å². The highest BCUT2D eigenvalue weighted by molar-refractivity contribution is 7.89. The quantitative estimate of drug-likeness (QED) is 0.521. The second kappa shape index (κ2) is 11.2.